The number of carbonyl (C=O) groups excluding carboxylic acids is 1. The highest BCUT2D eigenvalue weighted by molar-refractivity contribution is 6.01. The summed E-state index contributed by atoms with van der Waals surface area (Å²) in [5, 5.41) is 12.1. The number of aryl methyl sites for hydroxylation is 2. The van der Waals surface area contributed by atoms with Crippen LogP contribution in [0.4, 0.5) is 0 Å². The summed E-state index contributed by atoms with van der Waals surface area (Å²) in [6.45, 7) is 4.23. The Morgan fingerprint density at radius 3 is 2.68 bits per heavy atom. The van der Waals surface area contributed by atoms with Gasteiger partial charge in [0.25, 0.3) is 11.5 Å². The molecule has 2 heterocycles. The maximum Gasteiger partial charge on any atom is 0.269 e. The van der Waals surface area contributed by atoms with Crippen molar-refractivity contribution >= 4 is 17.6 Å². The van der Waals surface area contributed by atoms with Gasteiger partial charge < -0.3 is 14.8 Å². The lowest BCUT2D eigenvalue weighted by atomic mass is 10.1. The molecular weight excluding hydrogens is 396 g/mol. The first kappa shape index (κ1) is 21.7. The molecule has 0 bridgehead atoms. The van der Waals surface area contributed by atoms with E-state index in [1.54, 1.807) is 24.4 Å². The van der Waals surface area contributed by atoms with Gasteiger partial charge in [-0.3, -0.25) is 14.0 Å². The number of hydrogen-bond acceptors (Lipinski definition) is 6. The minimum Gasteiger partial charge on any atom is -0.438 e. The normalized spacial score (nSPS) is 11.2. The Bertz CT molecular complexity index is 1250. The van der Waals surface area contributed by atoms with Crippen molar-refractivity contribution in [3.8, 4) is 17.7 Å². The number of rotatable bonds is 7. The maximum atomic E-state index is 13.2. The van der Waals surface area contributed by atoms with Crippen molar-refractivity contribution in [3.63, 3.8) is 0 Å². The van der Waals surface area contributed by atoms with Crippen LogP contribution in [0.2, 0.25) is 0 Å². The number of amides is 1. The lowest BCUT2D eigenvalue weighted by Crippen LogP contribution is -2.28. The van der Waals surface area contributed by atoms with Crippen LogP contribution < -0.4 is 15.6 Å². The highest BCUT2D eigenvalue weighted by Crippen LogP contribution is 2.27. The van der Waals surface area contributed by atoms with Gasteiger partial charge in [-0.25, -0.2) is 0 Å². The number of nitriles is 1. The first-order valence-corrected chi connectivity index (χ1v) is 9.60. The summed E-state index contributed by atoms with van der Waals surface area (Å²) in [6.07, 6.45) is 2.79. The first-order valence-electron chi connectivity index (χ1n) is 9.60. The molecule has 2 aromatic heterocycles. The average Bonchev–Trinajstić information content (AvgIpc) is 2.76. The number of carbonyl (C=O) groups is 1. The van der Waals surface area contributed by atoms with Gasteiger partial charge in [-0.05, 0) is 43.2 Å². The van der Waals surface area contributed by atoms with Gasteiger partial charge in [0, 0.05) is 19.9 Å². The van der Waals surface area contributed by atoms with Crippen LogP contribution in [0.5, 0.6) is 11.6 Å². The van der Waals surface area contributed by atoms with E-state index in [2.05, 4.69) is 10.3 Å². The van der Waals surface area contributed by atoms with Crippen LogP contribution in [0, 0.1) is 25.2 Å². The summed E-state index contributed by atoms with van der Waals surface area (Å²) in [5.41, 5.74) is 1.37. The third-order valence-electron chi connectivity index (χ3n) is 4.60. The van der Waals surface area contributed by atoms with E-state index in [1.807, 2.05) is 38.1 Å². The zero-order valence-corrected chi connectivity index (χ0v) is 17.5. The van der Waals surface area contributed by atoms with E-state index in [0.29, 0.717) is 18.0 Å². The van der Waals surface area contributed by atoms with Crippen molar-refractivity contribution in [1.82, 2.24) is 14.7 Å². The smallest absolute Gasteiger partial charge is 0.269 e. The molecule has 0 saturated heterocycles. The van der Waals surface area contributed by atoms with E-state index in [-0.39, 0.29) is 23.6 Å². The number of para-hydroxylation sites is 1. The second-order valence-corrected chi connectivity index (χ2v) is 6.81. The number of hydrogen-bond donors (Lipinski definition) is 1. The highest BCUT2D eigenvalue weighted by Gasteiger charge is 2.18. The van der Waals surface area contributed by atoms with Gasteiger partial charge in [0.2, 0.25) is 5.88 Å². The number of ether oxygens (including phenoxy) is 2. The SMILES string of the molecule is COCCNC(=O)/C(C#N)=C/c1c(Oc2ccccc2C)nc2c(C)cccn2c1=O. The molecule has 0 atom stereocenters. The molecule has 3 aromatic rings. The Balaban J connectivity index is 2.17. The van der Waals surface area contributed by atoms with Gasteiger partial charge in [0.05, 0.1) is 6.61 Å². The second-order valence-electron chi connectivity index (χ2n) is 6.81. The van der Waals surface area contributed by atoms with Crippen molar-refractivity contribution in [1.29, 1.82) is 5.26 Å². The van der Waals surface area contributed by atoms with E-state index >= 15 is 0 Å². The number of aromatic nitrogens is 2. The number of fused-ring (bicyclic) bond motifs is 1. The average molecular weight is 418 g/mol. The van der Waals surface area contributed by atoms with Crippen LogP contribution in [-0.4, -0.2) is 35.6 Å². The fourth-order valence-corrected chi connectivity index (χ4v) is 2.92. The van der Waals surface area contributed by atoms with E-state index in [0.717, 1.165) is 11.1 Å². The molecule has 8 heteroatoms. The number of nitrogens with one attached hydrogen (secondary N) is 1. The Hall–Kier alpha value is -3.96. The van der Waals surface area contributed by atoms with E-state index in [4.69, 9.17) is 9.47 Å². The van der Waals surface area contributed by atoms with Gasteiger partial charge in [-0.15, -0.1) is 0 Å². The summed E-state index contributed by atoms with van der Waals surface area (Å²) < 4.78 is 12.2. The van der Waals surface area contributed by atoms with Gasteiger partial charge in [0.1, 0.15) is 28.6 Å². The fourth-order valence-electron chi connectivity index (χ4n) is 2.92. The predicted molar refractivity (Wildman–Crippen MR) is 116 cm³/mol. The molecule has 158 valence electrons. The third-order valence-corrected chi connectivity index (χ3v) is 4.60. The molecule has 0 spiro atoms. The van der Waals surface area contributed by atoms with Crippen LogP contribution >= 0.6 is 0 Å². The van der Waals surface area contributed by atoms with Gasteiger partial charge >= 0.3 is 0 Å². The molecule has 3 rings (SSSR count). The van der Waals surface area contributed by atoms with Crippen LogP contribution in [0.25, 0.3) is 11.7 Å². The lowest BCUT2D eigenvalue weighted by molar-refractivity contribution is -0.117. The summed E-state index contributed by atoms with van der Waals surface area (Å²) in [7, 11) is 1.51. The maximum absolute atomic E-state index is 13.2. The minimum atomic E-state index is -0.616. The Kier molecular flexibility index (Phi) is 6.80. The van der Waals surface area contributed by atoms with Crippen LogP contribution in [0.3, 0.4) is 0 Å². The first-order chi connectivity index (χ1) is 15.0. The Labute approximate surface area is 179 Å². The predicted octanol–water partition coefficient (Wildman–Crippen LogP) is 2.77. The zero-order valence-electron chi connectivity index (χ0n) is 17.5. The molecule has 0 aliphatic carbocycles. The van der Waals surface area contributed by atoms with Crippen LogP contribution in [0.1, 0.15) is 16.7 Å². The molecule has 0 saturated carbocycles. The number of benzene rings is 1. The molecular formula is C23H22N4O4. The minimum absolute atomic E-state index is 0.00444. The largest absolute Gasteiger partial charge is 0.438 e. The van der Waals surface area contributed by atoms with Crippen LogP contribution in [-0.2, 0) is 9.53 Å². The number of pyridine rings is 1. The van der Waals surface area contributed by atoms with E-state index in [9.17, 15) is 14.9 Å². The van der Waals surface area contributed by atoms with Gasteiger partial charge in [0.15, 0.2) is 0 Å². The number of methoxy groups -OCH3 is 1. The monoisotopic (exact) mass is 418 g/mol. The van der Waals surface area contributed by atoms with Gasteiger partial charge in [-0.2, -0.15) is 10.2 Å². The molecule has 0 unspecified atom stereocenters. The van der Waals surface area contributed by atoms with Crippen molar-refractivity contribution in [2.45, 2.75) is 13.8 Å². The standard InChI is InChI=1S/C23H22N4O4/c1-15-7-4-5-9-19(15)31-22-18(13-17(14-24)21(28)25-10-12-30-3)23(29)27-11-6-8-16(2)20(27)26-22/h4-9,11,13H,10,12H2,1-3H3,(H,25,28)/b17-13+. The third kappa shape index (κ3) is 4.79. The molecule has 8 nitrogen and oxygen atoms in total. The fraction of sp³-hybridized carbons (Fsp3) is 0.217. The van der Waals surface area contributed by atoms with Crippen molar-refractivity contribution in [2.75, 3.05) is 20.3 Å². The number of nitrogens with zero attached hydrogens (tertiary/aromatic N) is 3. The van der Waals surface area contributed by atoms with Crippen molar-refractivity contribution in [2.24, 2.45) is 0 Å². The van der Waals surface area contributed by atoms with Gasteiger partial charge in [-0.1, -0.05) is 24.3 Å². The highest BCUT2D eigenvalue weighted by atomic mass is 16.5. The van der Waals surface area contributed by atoms with Crippen LogP contribution in [0.15, 0.2) is 53.0 Å². The quantitative estimate of drug-likeness (QED) is 0.359. The Morgan fingerprint density at radius 2 is 1.97 bits per heavy atom. The summed E-state index contributed by atoms with van der Waals surface area (Å²) in [6, 6.07) is 12.7. The van der Waals surface area contributed by atoms with Crippen molar-refractivity contribution < 1.29 is 14.3 Å². The van der Waals surface area contributed by atoms with E-state index in [1.165, 1.54) is 17.6 Å². The van der Waals surface area contributed by atoms with Crippen molar-refractivity contribution in [3.05, 3.63) is 75.2 Å². The molecule has 1 amide bonds. The van der Waals surface area contributed by atoms with E-state index < -0.39 is 11.5 Å². The summed E-state index contributed by atoms with van der Waals surface area (Å²) in [5.74, 6) is -0.0776. The topological polar surface area (TPSA) is 106 Å². The molecule has 0 aliphatic heterocycles. The molecule has 1 aromatic carbocycles. The Morgan fingerprint density at radius 1 is 1.23 bits per heavy atom. The molecule has 0 fully saturated rings. The summed E-state index contributed by atoms with van der Waals surface area (Å²) >= 11 is 0. The molecule has 31 heavy (non-hydrogen) atoms. The molecule has 0 aliphatic rings. The lowest BCUT2D eigenvalue weighted by Gasteiger charge is -2.12. The summed E-state index contributed by atoms with van der Waals surface area (Å²) in [4.78, 5) is 30.2. The zero-order chi connectivity index (χ0) is 22.4. The molecule has 0 radical (unpaired) electrons. The second kappa shape index (κ2) is 9.69. The molecule has 1 N–H and O–H groups in total.